The molecular formula is C13H15N3O5S. The van der Waals surface area contributed by atoms with Crippen LogP contribution in [-0.2, 0) is 10.0 Å². The van der Waals surface area contributed by atoms with E-state index in [2.05, 4.69) is 4.98 Å². The van der Waals surface area contributed by atoms with E-state index < -0.39 is 21.8 Å². The molecule has 0 aliphatic carbocycles. The number of nitrogens with zero attached hydrogens (tertiary/aromatic N) is 3. The number of carbonyl (C=O) groups is 1. The highest BCUT2D eigenvalue weighted by Crippen LogP contribution is 2.24. The number of fused-ring (bicyclic) bond motifs is 1. The first kappa shape index (κ1) is 14.8. The molecule has 0 atom stereocenters. The largest absolute Gasteiger partial charge is 0.475 e. The second-order valence-corrected chi connectivity index (χ2v) is 7.11. The molecule has 0 amide bonds. The van der Waals surface area contributed by atoms with Crippen LogP contribution in [0.3, 0.4) is 0 Å². The molecule has 0 spiro atoms. The maximum absolute atomic E-state index is 12.6. The van der Waals surface area contributed by atoms with Crippen LogP contribution in [-0.4, -0.2) is 51.8 Å². The van der Waals surface area contributed by atoms with E-state index in [0.29, 0.717) is 17.8 Å². The molecule has 22 heavy (non-hydrogen) atoms. The van der Waals surface area contributed by atoms with Crippen LogP contribution in [0.5, 0.6) is 0 Å². The highest BCUT2D eigenvalue weighted by molar-refractivity contribution is 7.89. The van der Waals surface area contributed by atoms with Crippen LogP contribution in [0.15, 0.2) is 23.1 Å². The molecule has 1 saturated heterocycles. The van der Waals surface area contributed by atoms with Crippen LogP contribution in [0.4, 0.5) is 0 Å². The first-order chi connectivity index (χ1) is 10.4. The number of benzene rings is 1. The maximum atomic E-state index is 12.6. The Morgan fingerprint density at radius 2 is 1.86 bits per heavy atom. The molecule has 1 aliphatic rings. The monoisotopic (exact) mass is 325 g/mol. The highest BCUT2D eigenvalue weighted by atomic mass is 32.2. The van der Waals surface area contributed by atoms with Crippen molar-refractivity contribution in [1.29, 1.82) is 0 Å². The van der Waals surface area contributed by atoms with Gasteiger partial charge in [0.2, 0.25) is 10.0 Å². The Morgan fingerprint density at radius 3 is 2.50 bits per heavy atom. The molecule has 1 aromatic carbocycles. The number of carboxylic acid groups (broad SMARTS) is 1. The summed E-state index contributed by atoms with van der Waals surface area (Å²) < 4.78 is 27.0. The summed E-state index contributed by atoms with van der Waals surface area (Å²) in [6, 6.07) is 4.02. The molecule has 9 heteroatoms. The van der Waals surface area contributed by atoms with Gasteiger partial charge in [-0.3, -0.25) is 0 Å². The van der Waals surface area contributed by atoms with Gasteiger partial charge in [-0.1, -0.05) is 6.42 Å². The van der Waals surface area contributed by atoms with Gasteiger partial charge in [0, 0.05) is 13.1 Å². The lowest BCUT2D eigenvalue weighted by Gasteiger charge is -2.25. The van der Waals surface area contributed by atoms with Gasteiger partial charge in [-0.2, -0.15) is 9.04 Å². The number of aromatic nitrogens is 2. The summed E-state index contributed by atoms with van der Waals surface area (Å²) in [6.07, 6.45) is 2.65. The maximum Gasteiger partial charge on any atom is 0.375 e. The molecule has 118 valence electrons. The van der Waals surface area contributed by atoms with Gasteiger partial charge in [0.15, 0.2) is 0 Å². The zero-order valence-corrected chi connectivity index (χ0v) is 12.5. The fourth-order valence-electron chi connectivity index (χ4n) is 2.60. The number of carboxylic acids is 1. The number of piperidine rings is 1. The van der Waals surface area contributed by atoms with Crippen LogP contribution in [0.2, 0.25) is 0 Å². The molecule has 2 N–H and O–H groups in total. The lowest BCUT2D eigenvalue weighted by molar-refractivity contribution is 0.0639. The fraction of sp³-hybridized carbons (Fsp3) is 0.385. The topological polar surface area (TPSA) is 113 Å². The molecule has 2 aromatic rings. The predicted octanol–water partition coefficient (Wildman–Crippen LogP) is 1.15. The van der Waals surface area contributed by atoms with E-state index in [-0.39, 0.29) is 15.9 Å². The van der Waals surface area contributed by atoms with Crippen LogP contribution in [0.1, 0.15) is 29.9 Å². The van der Waals surface area contributed by atoms with Crippen molar-refractivity contribution in [3.63, 3.8) is 0 Å². The zero-order chi connectivity index (χ0) is 15.9. The lowest BCUT2D eigenvalue weighted by Crippen LogP contribution is -2.35. The Balaban J connectivity index is 2.08. The molecule has 1 aliphatic heterocycles. The van der Waals surface area contributed by atoms with E-state index in [1.54, 1.807) is 0 Å². The Hall–Kier alpha value is -2.13. The van der Waals surface area contributed by atoms with Crippen molar-refractivity contribution in [2.45, 2.75) is 24.2 Å². The summed E-state index contributed by atoms with van der Waals surface area (Å²) in [5.74, 6) is -1.94. The van der Waals surface area contributed by atoms with Gasteiger partial charge in [-0.05, 0) is 31.0 Å². The third kappa shape index (κ3) is 2.32. The van der Waals surface area contributed by atoms with Gasteiger partial charge in [0.05, 0.1) is 10.4 Å². The normalized spacial score (nSPS) is 16.9. The van der Waals surface area contributed by atoms with Crippen molar-refractivity contribution >= 4 is 27.0 Å². The summed E-state index contributed by atoms with van der Waals surface area (Å²) in [4.78, 5) is 14.7. The molecule has 1 aromatic heterocycles. The second kappa shape index (κ2) is 5.25. The van der Waals surface area contributed by atoms with Crippen molar-refractivity contribution in [1.82, 2.24) is 14.0 Å². The van der Waals surface area contributed by atoms with E-state index in [0.717, 1.165) is 19.3 Å². The van der Waals surface area contributed by atoms with Crippen molar-refractivity contribution in [3.05, 3.63) is 24.0 Å². The standard InChI is InChI=1S/C13H15N3O5S/c17-13(18)12-14-10-5-4-9(8-11(10)16(12)19)22(20,21)15-6-2-1-3-7-15/h4-5,8,19H,1-3,6-7H2,(H,17,18). The molecule has 3 rings (SSSR count). The summed E-state index contributed by atoms with van der Waals surface area (Å²) in [5, 5.41) is 18.8. The molecular weight excluding hydrogens is 310 g/mol. The summed E-state index contributed by atoms with van der Waals surface area (Å²) >= 11 is 0. The van der Waals surface area contributed by atoms with E-state index in [1.807, 2.05) is 0 Å². The Morgan fingerprint density at radius 1 is 1.18 bits per heavy atom. The number of hydrogen-bond donors (Lipinski definition) is 2. The van der Waals surface area contributed by atoms with Crippen LogP contribution in [0, 0.1) is 0 Å². The van der Waals surface area contributed by atoms with E-state index in [9.17, 15) is 18.4 Å². The third-order valence-corrected chi connectivity index (χ3v) is 5.64. The average Bonchev–Trinajstić information content (AvgIpc) is 2.85. The van der Waals surface area contributed by atoms with Gasteiger partial charge < -0.3 is 10.3 Å². The zero-order valence-electron chi connectivity index (χ0n) is 11.6. The van der Waals surface area contributed by atoms with Crippen molar-refractivity contribution in [2.24, 2.45) is 0 Å². The van der Waals surface area contributed by atoms with Gasteiger partial charge >= 0.3 is 5.97 Å². The van der Waals surface area contributed by atoms with E-state index in [4.69, 9.17) is 5.11 Å². The van der Waals surface area contributed by atoms with Crippen LogP contribution < -0.4 is 0 Å². The number of aromatic carboxylic acids is 1. The van der Waals surface area contributed by atoms with Gasteiger partial charge in [0.1, 0.15) is 5.52 Å². The number of hydrogen-bond acceptors (Lipinski definition) is 5. The quantitative estimate of drug-likeness (QED) is 0.818. The van der Waals surface area contributed by atoms with Gasteiger partial charge in [0.25, 0.3) is 5.82 Å². The Bertz CT molecular complexity index is 837. The minimum absolute atomic E-state index is 0.0223. The van der Waals surface area contributed by atoms with Crippen LogP contribution in [0.25, 0.3) is 11.0 Å². The first-order valence-electron chi connectivity index (χ1n) is 6.86. The minimum Gasteiger partial charge on any atom is -0.475 e. The molecule has 0 bridgehead atoms. The highest BCUT2D eigenvalue weighted by Gasteiger charge is 2.27. The van der Waals surface area contributed by atoms with E-state index in [1.165, 1.54) is 22.5 Å². The number of sulfonamides is 1. The molecule has 0 unspecified atom stereocenters. The summed E-state index contributed by atoms with van der Waals surface area (Å²) in [6.45, 7) is 0.943. The predicted molar refractivity (Wildman–Crippen MR) is 76.5 cm³/mol. The van der Waals surface area contributed by atoms with Gasteiger partial charge in [-0.25, -0.2) is 18.2 Å². The smallest absolute Gasteiger partial charge is 0.375 e. The molecule has 1 fully saturated rings. The fourth-order valence-corrected chi connectivity index (χ4v) is 4.13. The Labute approximate surface area is 126 Å². The molecule has 8 nitrogen and oxygen atoms in total. The SMILES string of the molecule is O=C(O)c1nc2ccc(S(=O)(=O)N3CCCCC3)cc2n1O. The molecule has 0 radical (unpaired) electrons. The minimum atomic E-state index is -3.65. The first-order valence-corrected chi connectivity index (χ1v) is 8.30. The second-order valence-electron chi connectivity index (χ2n) is 5.17. The van der Waals surface area contributed by atoms with Crippen molar-refractivity contribution in [2.75, 3.05) is 13.1 Å². The van der Waals surface area contributed by atoms with Crippen LogP contribution >= 0.6 is 0 Å². The van der Waals surface area contributed by atoms with Crippen molar-refractivity contribution in [3.8, 4) is 0 Å². The number of rotatable bonds is 3. The molecule has 0 saturated carbocycles. The average molecular weight is 325 g/mol. The molecule has 2 heterocycles. The lowest BCUT2D eigenvalue weighted by atomic mass is 10.2. The summed E-state index contributed by atoms with van der Waals surface area (Å²) in [5.41, 5.74) is 0.271. The third-order valence-electron chi connectivity index (χ3n) is 3.75. The van der Waals surface area contributed by atoms with E-state index >= 15 is 0 Å². The Kier molecular flexibility index (Phi) is 3.53. The van der Waals surface area contributed by atoms with Gasteiger partial charge in [-0.15, -0.1) is 0 Å². The number of imidazole rings is 1. The summed E-state index contributed by atoms with van der Waals surface area (Å²) in [7, 11) is -3.65. The van der Waals surface area contributed by atoms with Crippen molar-refractivity contribution < 1.29 is 23.5 Å².